The first-order valence-corrected chi connectivity index (χ1v) is 8.24. The summed E-state index contributed by atoms with van der Waals surface area (Å²) >= 11 is 0. The molecular weight excluding hydrogens is 316 g/mol. The Morgan fingerprint density at radius 3 is 2.56 bits per heavy atom. The van der Waals surface area contributed by atoms with Crippen LogP contribution in [0, 0.1) is 6.92 Å². The Balaban J connectivity index is 1.52. The Morgan fingerprint density at radius 2 is 1.84 bits per heavy atom. The van der Waals surface area contributed by atoms with E-state index in [1.165, 1.54) is 5.56 Å². The summed E-state index contributed by atoms with van der Waals surface area (Å²) in [6.45, 7) is 2.73. The van der Waals surface area contributed by atoms with Crippen LogP contribution in [0.1, 0.15) is 55.9 Å². The van der Waals surface area contributed by atoms with Gasteiger partial charge in [0.25, 0.3) is 0 Å². The standard InChI is InChI=1S/C20H16N2O3/c1-11-8-21-22(9-11)10-12-2-4-14-16(6-12)19-17-7-13(20(23)24)3-5-15(17)18(14)25-19/h2-9,18-19H,10H2,1H3,(H,23,24)/t18-,19+/m0/s1. The molecule has 0 saturated carbocycles. The van der Waals surface area contributed by atoms with Gasteiger partial charge in [-0.05, 0) is 52.4 Å². The van der Waals surface area contributed by atoms with Crippen LogP contribution in [-0.4, -0.2) is 20.9 Å². The number of carboxylic acids is 1. The van der Waals surface area contributed by atoms with Gasteiger partial charge in [0.05, 0.1) is 18.3 Å². The molecule has 2 atom stereocenters. The fourth-order valence-electron chi connectivity index (χ4n) is 3.87. The number of benzene rings is 2. The van der Waals surface area contributed by atoms with E-state index in [-0.39, 0.29) is 12.2 Å². The van der Waals surface area contributed by atoms with E-state index in [1.54, 1.807) is 12.1 Å². The third-order valence-corrected chi connectivity index (χ3v) is 4.99. The molecule has 2 aliphatic heterocycles. The summed E-state index contributed by atoms with van der Waals surface area (Å²) in [5, 5.41) is 13.6. The van der Waals surface area contributed by atoms with E-state index in [1.807, 2.05) is 30.1 Å². The van der Waals surface area contributed by atoms with Gasteiger partial charge in [0.1, 0.15) is 12.2 Å². The van der Waals surface area contributed by atoms with Gasteiger partial charge in [-0.1, -0.05) is 24.3 Å². The lowest BCUT2D eigenvalue weighted by atomic mass is 9.84. The Labute approximate surface area is 144 Å². The van der Waals surface area contributed by atoms with Crippen LogP contribution < -0.4 is 0 Å². The van der Waals surface area contributed by atoms with Gasteiger partial charge >= 0.3 is 5.97 Å². The molecule has 3 heterocycles. The minimum Gasteiger partial charge on any atom is -0.478 e. The molecule has 0 spiro atoms. The molecule has 1 aromatic heterocycles. The van der Waals surface area contributed by atoms with Crippen LogP contribution in [0.3, 0.4) is 0 Å². The topological polar surface area (TPSA) is 64.4 Å². The lowest BCUT2D eigenvalue weighted by Gasteiger charge is -2.17. The van der Waals surface area contributed by atoms with Gasteiger partial charge in [-0.2, -0.15) is 5.10 Å². The van der Waals surface area contributed by atoms with Crippen molar-refractivity contribution in [3.8, 4) is 0 Å². The fraction of sp³-hybridized carbons (Fsp3) is 0.200. The minimum atomic E-state index is -0.909. The van der Waals surface area contributed by atoms with Crippen molar-refractivity contribution in [3.63, 3.8) is 0 Å². The number of hydrogen-bond acceptors (Lipinski definition) is 3. The summed E-state index contributed by atoms with van der Waals surface area (Å²) in [7, 11) is 0. The van der Waals surface area contributed by atoms with Crippen molar-refractivity contribution in [1.29, 1.82) is 0 Å². The normalized spacial score (nSPS) is 19.7. The maximum absolute atomic E-state index is 11.3. The van der Waals surface area contributed by atoms with Gasteiger partial charge in [0.2, 0.25) is 0 Å². The molecular formula is C20H16N2O3. The summed E-state index contributed by atoms with van der Waals surface area (Å²) in [5.74, 6) is -0.909. The molecule has 0 aliphatic carbocycles. The molecule has 0 saturated heterocycles. The van der Waals surface area contributed by atoms with Crippen molar-refractivity contribution in [2.24, 2.45) is 0 Å². The van der Waals surface area contributed by atoms with Crippen molar-refractivity contribution >= 4 is 5.97 Å². The second kappa shape index (κ2) is 5.04. The van der Waals surface area contributed by atoms with Crippen LogP contribution in [-0.2, 0) is 11.3 Å². The monoisotopic (exact) mass is 332 g/mol. The number of aromatic carboxylic acids is 1. The highest BCUT2D eigenvalue weighted by atomic mass is 16.5. The van der Waals surface area contributed by atoms with E-state index >= 15 is 0 Å². The van der Waals surface area contributed by atoms with Crippen molar-refractivity contribution in [2.45, 2.75) is 25.7 Å². The van der Waals surface area contributed by atoms with E-state index in [0.717, 1.165) is 27.8 Å². The zero-order valence-corrected chi connectivity index (χ0v) is 13.6. The number of ether oxygens (including phenoxy) is 1. The third kappa shape index (κ3) is 2.13. The summed E-state index contributed by atoms with van der Waals surface area (Å²) in [6.07, 6.45) is 3.61. The quantitative estimate of drug-likeness (QED) is 0.798. The van der Waals surface area contributed by atoms with Gasteiger partial charge in [0, 0.05) is 6.20 Å². The molecule has 3 aromatic rings. The number of fused-ring (bicyclic) bond motifs is 8. The van der Waals surface area contributed by atoms with Crippen LogP contribution >= 0.6 is 0 Å². The molecule has 0 fully saturated rings. The number of aromatic nitrogens is 2. The maximum atomic E-state index is 11.3. The Bertz CT molecular complexity index is 1020. The van der Waals surface area contributed by atoms with E-state index in [0.29, 0.717) is 12.1 Å². The van der Waals surface area contributed by atoms with Gasteiger partial charge in [0.15, 0.2) is 0 Å². The number of aryl methyl sites for hydroxylation is 1. The highest BCUT2D eigenvalue weighted by molar-refractivity contribution is 5.88. The molecule has 124 valence electrons. The van der Waals surface area contributed by atoms with Gasteiger partial charge in [-0.3, -0.25) is 4.68 Å². The van der Waals surface area contributed by atoms with Crippen LogP contribution in [0.2, 0.25) is 0 Å². The molecule has 25 heavy (non-hydrogen) atoms. The second-order valence-electron chi connectivity index (χ2n) is 6.72. The SMILES string of the molecule is Cc1cnn(Cc2ccc3c(c2)[C@H]2O[C@@H]3c3ccc(C(=O)O)cc32)c1. The first kappa shape index (κ1) is 14.4. The Kier molecular flexibility index (Phi) is 2.91. The van der Waals surface area contributed by atoms with Crippen molar-refractivity contribution in [1.82, 2.24) is 9.78 Å². The number of carboxylic acid groups (broad SMARTS) is 1. The third-order valence-electron chi connectivity index (χ3n) is 4.99. The molecule has 0 unspecified atom stereocenters. The zero-order chi connectivity index (χ0) is 17.1. The highest BCUT2D eigenvalue weighted by Gasteiger charge is 2.42. The first-order chi connectivity index (χ1) is 12.1. The number of hydrogen-bond donors (Lipinski definition) is 1. The highest BCUT2D eigenvalue weighted by Crippen LogP contribution is 2.54. The van der Waals surface area contributed by atoms with Crippen molar-refractivity contribution < 1.29 is 14.6 Å². The minimum absolute atomic E-state index is 0.0844. The average molecular weight is 332 g/mol. The largest absolute Gasteiger partial charge is 0.478 e. The van der Waals surface area contributed by atoms with Gasteiger partial charge in [-0.25, -0.2) is 4.79 Å². The first-order valence-electron chi connectivity index (χ1n) is 8.24. The molecule has 1 N–H and O–H groups in total. The molecule has 2 bridgehead atoms. The maximum Gasteiger partial charge on any atom is 0.335 e. The molecule has 5 heteroatoms. The summed E-state index contributed by atoms with van der Waals surface area (Å²) in [5.41, 5.74) is 6.98. The predicted octanol–water partition coefficient (Wildman–Crippen LogP) is 3.46. The number of rotatable bonds is 3. The van der Waals surface area contributed by atoms with Crippen LogP contribution in [0.5, 0.6) is 0 Å². The fourth-order valence-corrected chi connectivity index (χ4v) is 3.87. The molecule has 2 aliphatic rings. The summed E-state index contributed by atoms with van der Waals surface area (Å²) in [6, 6.07) is 11.7. The summed E-state index contributed by atoms with van der Waals surface area (Å²) in [4.78, 5) is 11.3. The molecule has 0 amide bonds. The molecule has 5 rings (SSSR count). The number of nitrogens with zero attached hydrogens (tertiary/aromatic N) is 2. The van der Waals surface area contributed by atoms with E-state index in [2.05, 4.69) is 23.3 Å². The molecule has 5 nitrogen and oxygen atoms in total. The smallest absolute Gasteiger partial charge is 0.335 e. The lowest BCUT2D eigenvalue weighted by Crippen LogP contribution is -2.07. The van der Waals surface area contributed by atoms with E-state index < -0.39 is 5.97 Å². The van der Waals surface area contributed by atoms with Gasteiger partial charge < -0.3 is 9.84 Å². The Morgan fingerprint density at radius 1 is 1.12 bits per heavy atom. The van der Waals surface area contributed by atoms with Crippen molar-refractivity contribution in [2.75, 3.05) is 0 Å². The van der Waals surface area contributed by atoms with Gasteiger partial charge in [-0.15, -0.1) is 0 Å². The average Bonchev–Trinajstić information content (AvgIpc) is 3.28. The molecule has 2 aromatic carbocycles. The zero-order valence-electron chi connectivity index (χ0n) is 13.6. The molecule has 0 radical (unpaired) electrons. The van der Waals surface area contributed by atoms with E-state index in [4.69, 9.17) is 4.74 Å². The lowest BCUT2D eigenvalue weighted by molar-refractivity contribution is 0.0696. The number of carbonyl (C=O) groups is 1. The summed E-state index contributed by atoms with van der Waals surface area (Å²) < 4.78 is 8.06. The van der Waals surface area contributed by atoms with Crippen LogP contribution in [0.4, 0.5) is 0 Å². The van der Waals surface area contributed by atoms with Crippen LogP contribution in [0.25, 0.3) is 0 Å². The van der Waals surface area contributed by atoms with Crippen molar-refractivity contribution in [3.05, 3.63) is 87.7 Å². The van der Waals surface area contributed by atoms with E-state index in [9.17, 15) is 9.90 Å². The Hall–Kier alpha value is -2.92. The predicted molar refractivity (Wildman–Crippen MR) is 90.7 cm³/mol. The second-order valence-corrected chi connectivity index (χ2v) is 6.72. The van der Waals surface area contributed by atoms with Crippen LogP contribution in [0.15, 0.2) is 48.8 Å².